The van der Waals surface area contributed by atoms with Crippen molar-refractivity contribution in [2.24, 2.45) is 0 Å². The Morgan fingerprint density at radius 3 is 2.88 bits per heavy atom. The van der Waals surface area contributed by atoms with Gasteiger partial charge in [-0.25, -0.2) is 9.37 Å². The van der Waals surface area contributed by atoms with Crippen LogP contribution in [0.25, 0.3) is 11.3 Å². The van der Waals surface area contributed by atoms with Gasteiger partial charge in [0, 0.05) is 30.4 Å². The fourth-order valence-electron chi connectivity index (χ4n) is 4.40. The monoisotopic (exact) mass is 449 g/mol. The number of carbonyl (C=O) groups is 1. The molecule has 0 spiro atoms. The average molecular weight is 449 g/mol. The molecular weight excluding hydrogens is 425 g/mol. The molecule has 1 saturated heterocycles. The van der Waals surface area contributed by atoms with Gasteiger partial charge in [0.1, 0.15) is 23.2 Å². The highest BCUT2D eigenvalue weighted by Crippen LogP contribution is 2.38. The van der Waals surface area contributed by atoms with E-state index in [1.165, 1.54) is 19.4 Å². The predicted octanol–water partition coefficient (Wildman–Crippen LogP) is 2.50. The Morgan fingerprint density at radius 2 is 2.12 bits per heavy atom. The topological polar surface area (TPSA) is 99.6 Å². The third-order valence-electron chi connectivity index (χ3n) is 6.03. The number of hydrogen-bond donors (Lipinski definition) is 3. The molecule has 5 rings (SSSR count). The van der Waals surface area contributed by atoms with Gasteiger partial charge in [0.15, 0.2) is 0 Å². The summed E-state index contributed by atoms with van der Waals surface area (Å²) in [5, 5.41) is 16.5. The van der Waals surface area contributed by atoms with E-state index in [2.05, 4.69) is 20.6 Å². The predicted molar refractivity (Wildman–Crippen MR) is 122 cm³/mol. The van der Waals surface area contributed by atoms with Gasteiger partial charge >= 0.3 is 0 Å². The second kappa shape index (κ2) is 8.42. The van der Waals surface area contributed by atoms with Crippen LogP contribution in [-0.2, 0) is 6.54 Å². The fraction of sp³-hybridized carbons (Fsp3) is 0.292. The maximum atomic E-state index is 14.8. The Morgan fingerprint density at radius 1 is 1.27 bits per heavy atom. The van der Waals surface area contributed by atoms with Crippen LogP contribution in [0.4, 0.5) is 16.0 Å². The van der Waals surface area contributed by atoms with Crippen LogP contribution in [0.3, 0.4) is 0 Å². The van der Waals surface area contributed by atoms with Crippen LogP contribution < -0.4 is 20.3 Å². The first-order chi connectivity index (χ1) is 16.0. The number of halogens is 1. The molecule has 8 nitrogen and oxygen atoms in total. The summed E-state index contributed by atoms with van der Waals surface area (Å²) in [6, 6.07) is 9.77. The number of methoxy groups -OCH3 is 1. The van der Waals surface area contributed by atoms with Gasteiger partial charge in [-0.05, 0) is 42.8 Å². The van der Waals surface area contributed by atoms with E-state index in [0.29, 0.717) is 47.3 Å². The number of ether oxygens (including phenoxy) is 1. The van der Waals surface area contributed by atoms with Gasteiger partial charge in [-0.1, -0.05) is 6.07 Å². The highest BCUT2D eigenvalue weighted by atomic mass is 19.1. The zero-order valence-corrected chi connectivity index (χ0v) is 18.3. The van der Waals surface area contributed by atoms with Gasteiger partial charge in [0.2, 0.25) is 0 Å². The van der Waals surface area contributed by atoms with E-state index in [1.54, 1.807) is 23.1 Å². The van der Waals surface area contributed by atoms with Gasteiger partial charge in [-0.2, -0.15) is 0 Å². The standard InChI is InChI=1S/C24H24FN5O3/c1-13-8-20(28-17-10-26-11-18(17)31)29-21(9-13)30-12-15-14(24(30)32)6-7-27-23(15)22-16(25)4-3-5-19(22)33-2/h3-9,17-18,26,31H,10-12H2,1-2H3,(H,28,29)/t17-,18+/m1/s1. The second-order valence-corrected chi connectivity index (χ2v) is 8.26. The molecule has 2 aromatic heterocycles. The summed E-state index contributed by atoms with van der Waals surface area (Å²) in [7, 11) is 1.47. The molecule has 0 saturated carbocycles. The Balaban J connectivity index is 1.51. The molecule has 170 valence electrons. The van der Waals surface area contributed by atoms with Crippen molar-refractivity contribution in [3.63, 3.8) is 0 Å². The van der Waals surface area contributed by atoms with Gasteiger partial charge in [-0.3, -0.25) is 14.7 Å². The van der Waals surface area contributed by atoms with E-state index < -0.39 is 11.9 Å². The Hall–Kier alpha value is -3.56. The van der Waals surface area contributed by atoms with Crippen molar-refractivity contribution >= 4 is 17.5 Å². The molecule has 1 fully saturated rings. The Kier molecular flexibility index (Phi) is 5.43. The summed E-state index contributed by atoms with van der Waals surface area (Å²) < 4.78 is 20.1. The van der Waals surface area contributed by atoms with Gasteiger partial charge in [-0.15, -0.1) is 0 Å². The number of benzene rings is 1. The molecule has 0 unspecified atom stereocenters. The van der Waals surface area contributed by atoms with Crippen LogP contribution in [0, 0.1) is 12.7 Å². The quantitative estimate of drug-likeness (QED) is 0.550. The van der Waals surface area contributed by atoms with E-state index in [-0.39, 0.29) is 24.1 Å². The van der Waals surface area contributed by atoms with Crippen LogP contribution in [0.1, 0.15) is 21.5 Å². The lowest BCUT2D eigenvalue weighted by atomic mass is 10.0. The molecule has 1 amide bonds. The summed E-state index contributed by atoms with van der Waals surface area (Å²) in [4.78, 5) is 23.9. The summed E-state index contributed by atoms with van der Waals surface area (Å²) in [6.45, 7) is 3.27. The molecule has 0 bridgehead atoms. The number of aromatic nitrogens is 2. The molecule has 0 aliphatic carbocycles. The van der Waals surface area contributed by atoms with Crippen LogP contribution in [-0.4, -0.2) is 53.3 Å². The van der Waals surface area contributed by atoms with Crippen molar-refractivity contribution < 1.29 is 19.0 Å². The molecule has 1 aromatic carbocycles. The number of carbonyl (C=O) groups excluding carboxylic acids is 1. The zero-order valence-electron chi connectivity index (χ0n) is 18.3. The maximum absolute atomic E-state index is 14.8. The van der Waals surface area contributed by atoms with E-state index in [0.717, 1.165) is 5.56 Å². The van der Waals surface area contributed by atoms with Crippen LogP contribution in [0.15, 0.2) is 42.6 Å². The molecule has 4 heterocycles. The fourth-order valence-corrected chi connectivity index (χ4v) is 4.40. The van der Waals surface area contributed by atoms with Crippen LogP contribution in [0.2, 0.25) is 0 Å². The number of anilines is 2. The van der Waals surface area contributed by atoms with Crippen molar-refractivity contribution in [2.45, 2.75) is 25.6 Å². The van der Waals surface area contributed by atoms with Crippen molar-refractivity contribution in [3.8, 4) is 17.0 Å². The minimum Gasteiger partial charge on any atom is -0.496 e. The maximum Gasteiger partial charge on any atom is 0.260 e. The number of nitrogens with zero attached hydrogens (tertiary/aromatic N) is 3. The average Bonchev–Trinajstić information content (AvgIpc) is 3.36. The van der Waals surface area contributed by atoms with Gasteiger partial charge in [0.05, 0.1) is 37.1 Å². The minimum atomic E-state index is -0.516. The minimum absolute atomic E-state index is 0.164. The number of pyridine rings is 2. The third-order valence-corrected chi connectivity index (χ3v) is 6.03. The molecule has 3 N–H and O–H groups in total. The largest absolute Gasteiger partial charge is 0.496 e. The molecular formula is C24H24FN5O3. The zero-order chi connectivity index (χ0) is 23.1. The molecule has 3 aromatic rings. The SMILES string of the molecule is COc1cccc(F)c1-c1nccc2c1CN(c1cc(C)cc(N[C@@H]3CNC[C@@H]3O)n1)C2=O. The highest BCUT2D eigenvalue weighted by molar-refractivity contribution is 6.10. The number of aryl methyl sites for hydroxylation is 1. The number of fused-ring (bicyclic) bond motifs is 1. The van der Waals surface area contributed by atoms with Gasteiger partial charge < -0.3 is 20.5 Å². The number of aliphatic hydroxyl groups is 1. The molecule has 2 aliphatic heterocycles. The second-order valence-electron chi connectivity index (χ2n) is 8.26. The number of amides is 1. The van der Waals surface area contributed by atoms with E-state index in [4.69, 9.17) is 4.74 Å². The lowest BCUT2D eigenvalue weighted by Gasteiger charge is -2.20. The molecule has 0 radical (unpaired) electrons. The number of rotatable bonds is 5. The van der Waals surface area contributed by atoms with Crippen molar-refractivity contribution in [1.29, 1.82) is 0 Å². The van der Waals surface area contributed by atoms with Crippen LogP contribution in [0.5, 0.6) is 5.75 Å². The smallest absolute Gasteiger partial charge is 0.260 e. The summed E-state index contributed by atoms with van der Waals surface area (Å²) >= 11 is 0. The van der Waals surface area contributed by atoms with E-state index >= 15 is 0 Å². The first-order valence-electron chi connectivity index (χ1n) is 10.7. The Labute approximate surface area is 190 Å². The van der Waals surface area contributed by atoms with Crippen LogP contribution >= 0.6 is 0 Å². The summed E-state index contributed by atoms with van der Waals surface area (Å²) in [5.74, 6) is 0.715. The normalized spacial score (nSPS) is 19.6. The number of nitrogens with one attached hydrogen (secondary N) is 2. The van der Waals surface area contributed by atoms with Gasteiger partial charge in [0.25, 0.3) is 5.91 Å². The first-order valence-corrected chi connectivity index (χ1v) is 10.7. The summed E-state index contributed by atoms with van der Waals surface area (Å²) in [6.07, 6.45) is 0.991. The summed E-state index contributed by atoms with van der Waals surface area (Å²) in [5.41, 5.74) is 2.61. The van der Waals surface area contributed by atoms with Crippen molar-refractivity contribution in [3.05, 3.63) is 65.1 Å². The molecule has 2 aliphatic rings. The molecule has 33 heavy (non-hydrogen) atoms. The highest BCUT2D eigenvalue weighted by Gasteiger charge is 2.34. The number of aliphatic hydroxyl groups excluding tert-OH is 1. The van der Waals surface area contributed by atoms with E-state index in [9.17, 15) is 14.3 Å². The first kappa shape index (κ1) is 21.3. The molecule has 9 heteroatoms. The number of β-amino-alcohol motifs (C(OH)–C–C–N with tert-alkyl or cyclic N) is 1. The number of hydrogen-bond acceptors (Lipinski definition) is 7. The van der Waals surface area contributed by atoms with E-state index in [1.807, 2.05) is 19.1 Å². The molecule has 2 atom stereocenters. The van der Waals surface area contributed by atoms with Crippen molar-refractivity contribution in [2.75, 3.05) is 30.4 Å². The lowest BCUT2D eigenvalue weighted by Crippen LogP contribution is -2.32. The van der Waals surface area contributed by atoms with Crippen molar-refractivity contribution in [1.82, 2.24) is 15.3 Å². The Bertz CT molecular complexity index is 1230. The third kappa shape index (κ3) is 3.79. The lowest BCUT2D eigenvalue weighted by molar-refractivity contribution is 0.0996.